The average Bonchev–Trinajstić information content (AvgIpc) is 2.73. The molecule has 0 saturated heterocycles. The van der Waals surface area contributed by atoms with Gasteiger partial charge in [-0.25, -0.2) is 4.99 Å². The Bertz CT molecular complexity index is 816. The first-order chi connectivity index (χ1) is 14.6. The van der Waals surface area contributed by atoms with Crippen molar-refractivity contribution in [2.45, 2.75) is 40.2 Å². The number of rotatable bonds is 11. The van der Waals surface area contributed by atoms with Crippen molar-refractivity contribution in [1.82, 2.24) is 10.6 Å². The van der Waals surface area contributed by atoms with E-state index in [1.807, 2.05) is 31.2 Å². The standard InChI is InChI=1S/C22H29F2N3O3/c1-4-25-22(26-13-16-9-6-7-10-18(16)15-28-3)27-14-17-11-8-12-19(29-5-2)20(17)30-21(23)24/h6-12,21H,4-5,13-15H2,1-3H3,(H2,25,26,27). The van der Waals surface area contributed by atoms with Gasteiger partial charge in [0.2, 0.25) is 0 Å². The summed E-state index contributed by atoms with van der Waals surface area (Å²) in [5.41, 5.74) is 2.68. The topological polar surface area (TPSA) is 64.1 Å². The fraction of sp³-hybridized carbons (Fsp3) is 0.409. The van der Waals surface area contributed by atoms with Crippen LogP contribution in [0.3, 0.4) is 0 Å². The first-order valence-corrected chi connectivity index (χ1v) is 9.86. The number of methoxy groups -OCH3 is 1. The van der Waals surface area contributed by atoms with Crippen LogP contribution in [-0.2, 0) is 24.4 Å². The van der Waals surface area contributed by atoms with Crippen molar-refractivity contribution in [2.75, 3.05) is 20.3 Å². The van der Waals surface area contributed by atoms with Crippen LogP contribution >= 0.6 is 0 Å². The van der Waals surface area contributed by atoms with Crippen molar-refractivity contribution in [1.29, 1.82) is 0 Å². The summed E-state index contributed by atoms with van der Waals surface area (Å²) in [7, 11) is 1.66. The van der Waals surface area contributed by atoms with E-state index < -0.39 is 6.61 Å². The average molecular weight is 421 g/mol. The summed E-state index contributed by atoms with van der Waals surface area (Å²) in [4.78, 5) is 4.53. The number of benzene rings is 2. The number of guanidine groups is 1. The fourth-order valence-electron chi connectivity index (χ4n) is 2.89. The van der Waals surface area contributed by atoms with E-state index in [0.717, 1.165) is 11.1 Å². The Balaban J connectivity index is 2.17. The molecule has 2 rings (SSSR count). The third-order valence-electron chi connectivity index (χ3n) is 4.18. The molecule has 0 aliphatic rings. The molecule has 0 aliphatic carbocycles. The third kappa shape index (κ3) is 7.18. The molecule has 0 heterocycles. The van der Waals surface area contributed by atoms with E-state index in [2.05, 4.69) is 15.6 Å². The second-order valence-electron chi connectivity index (χ2n) is 6.31. The highest BCUT2D eigenvalue weighted by atomic mass is 19.3. The maximum atomic E-state index is 12.9. The minimum atomic E-state index is -2.95. The quantitative estimate of drug-likeness (QED) is 0.423. The number of halogens is 2. The molecule has 0 spiro atoms. The zero-order valence-corrected chi connectivity index (χ0v) is 17.6. The van der Waals surface area contributed by atoms with Crippen LogP contribution in [0.15, 0.2) is 47.5 Å². The molecule has 6 nitrogen and oxygen atoms in total. The number of hydrogen-bond donors (Lipinski definition) is 2. The minimum Gasteiger partial charge on any atom is -0.490 e. The Morgan fingerprint density at radius 2 is 1.73 bits per heavy atom. The summed E-state index contributed by atoms with van der Waals surface area (Å²) in [6.07, 6.45) is 0. The molecule has 8 heteroatoms. The molecule has 0 radical (unpaired) electrons. The van der Waals surface area contributed by atoms with Gasteiger partial charge in [0.15, 0.2) is 17.5 Å². The molecule has 2 N–H and O–H groups in total. The molecule has 0 unspecified atom stereocenters. The molecule has 0 amide bonds. The highest BCUT2D eigenvalue weighted by Gasteiger charge is 2.15. The highest BCUT2D eigenvalue weighted by molar-refractivity contribution is 5.79. The molecule has 0 atom stereocenters. The van der Waals surface area contributed by atoms with Crippen molar-refractivity contribution >= 4 is 5.96 Å². The number of aliphatic imine (C=N–C) groups is 1. The third-order valence-corrected chi connectivity index (χ3v) is 4.18. The largest absolute Gasteiger partial charge is 0.490 e. The van der Waals surface area contributed by atoms with Crippen LogP contribution < -0.4 is 20.1 Å². The number of alkyl halides is 2. The number of nitrogens with zero attached hydrogens (tertiary/aromatic N) is 1. The van der Waals surface area contributed by atoms with E-state index in [-0.39, 0.29) is 18.0 Å². The van der Waals surface area contributed by atoms with Crippen molar-refractivity contribution in [3.05, 3.63) is 59.2 Å². The molecule has 0 fully saturated rings. The van der Waals surface area contributed by atoms with Gasteiger partial charge in [-0.1, -0.05) is 36.4 Å². The molecular weight excluding hydrogens is 392 g/mol. The molecule has 0 aromatic heterocycles. The first kappa shape index (κ1) is 23.4. The number of nitrogens with one attached hydrogen (secondary N) is 2. The van der Waals surface area contributed by atoms with E-state index in [4.69, 9.17) is 14.2 Å². The second kappa shape index (κ2) is 12.6. The van der Waals surface area contributed by atoms with Crippen LogP contribution in [0.25, 0.3) is 0 Å². The molecule has 164 valence electrons. The van der Waals surface area contributed by atoms with Crippen molar-refractivity contribution in [3.63, 3.8) is 0 Å². The Labute approximate surface area is 176 Å². The summed E-state index contributed by atoms with van der Waals surface area (Å²) < 4.78 is 41.2. The molecule has 0 bridgehead atoms. The fourth-order valence-corrected chi connectivity index (χ4v) is 2.89. The lowest BCUT2D eigenvalue weighted by Crippen LogP contribution is -2.37. The van der Waals surface area contributed by atoms with Crippen molar-refractivity contribution in [2.24, 2.45) is 4.99 Å². The maximum Gasteiger partial charge on any atom is 0.387 e. The highest BCUT2D eigenvalue weighted by Crippen LogP contribution is 2.33. The van der Waals surface area contributed by atoms with Gasteiger partial charge in [0, 0.05) is 25.8 Å². The normalized spacial score (nSPS) is 11.5. The summed E-state index contributed by atoms with van der Waals surface area (Å²) in [6.45, 7) is 3.01. The smallest absolute Gasteiger partial charge is 0.387 e. The summed E-state index contributed by atoms with van der Waals surface area (Å²) in [6, 6.07) is 13.0. The molecule has 0 aliphatic heterocycles. The number of ether oxygens (including phenoxy) is 3. The van der Waals surface area contributed by atoms with Crippen LogP contribution in [0.4, 0.5) is 8.78 Å². The van der Waals surface area contributed by atoms with Crippen LogP contribution in [-0.4, -0.2) is 32.8 Å². The van der Waals surface area contributed by atoms with E-state index in [1.54, 1.807) is 32.2 Å². The molecule has 30 heavy (non-hydrogen) atoms. The van der Waals surface area contributed by atoms with Gasteiger partial charge in [-0.2, -0.15) is 8.78 Å². The zero-order valence-electron chi connectivity index (χ0n) is 17.6. The minimum absolute atomic E-state index is 0.0133. The van der Waals surface area contributed by atoms with Crippen molar-refractivity contribution < 1.29 is 23.0 Å². The van der Waals surface area contributed by atoms with Gasteiger partial charge in [-0.15, -0.1) is 0 Å². The maximum absolute atomic E-state index is 12.9. The lowest BCUT2D eigenvalue weighted by Gasteiger charge is -2.16. The Morgan fingerprint density at radius 1 is 1.00 bits per heavy atom. The Hall–Kier alpha value is -2.87. The summed E-state index contributed by atoms with van der Waals surface area (Å²) in [5.74, 6) is 0.853. The Kier molecular flexibility index (Phi) is 9.86. The van der Waals surface area contributed by atoms with Gasteiger partial charge >= 0.3 is 6.61 Å². The SMILES string of the molecule is CCNC(=NCc1cccc(OCC)c1OC(F)F)NCc1ccccc1COC. The molecule has 2 aromatic rings. The van der Waals surface area contributed by atoms with Crippen LogP contribution in [0.2, 0.25) is 0 Å². The zero-order chi connectivity index (χ0) is 21.8. The second-order valence-corrected chi connectivity index (χ2v) is 6.31. The summed E-state index contributed by atoms with van der Waals surface area (Å²) >= 11 is 0. The van der Waals surface area contributed by atoms with Gasteiger partial charge in [-0.3, -0.25) is 0 Å². The molecule has 0 saturated carbocycles. The van der Waals surface area contributed by atoms with Crippen LogP contribution in [0.1, 0.15) is 30.5 Å². The van der Waals surface area contributed by atoms with Crippen molar-refractivity contribution in [3.8, 4) is 11.5 Å². The Morgan fingerprint density at radius 3 is 2.40 bits per heavy atom. The van der Waals surface area contributed by atoms with Gasteiger partial charge in [-0.05, 0) is 31.0 Å². The lowest BCUT2D eigenvalue weighted by atomic mass is 10.1. The monoisotopic (exact) mass is 421 g/mol. The molecule has 2 aromatic carbocycles. The number of hydrogen-bond acceptors (Lipinski definition) is 4. The van der Waals surface area contributed by atoms with E-state index in [0.29, 0.717) is 37.8 Å². The van der Waals surface area contributed by atoms with E-state index in [1.165, 1.54) is 0 Å². The van der Waals surface area contributed by atoms with Gasteiger partial charge in [0.25, 0.3) is 0 Å². The van der Waals surface area contributed by atoms with Gasteiger partial charge in [0.05, 0.1) is 19.8 Å². The van der Waals surface area contributed by atoms with E-state index >= 15 is 0 Å². The predicted molar refractivity (Wildman–Crippen MR) is 113 cm³/mol. The van der Waals surface area contributed by atoms with Gasteiger partial charge in [0.1, 0.15) is 0 Å². The summed E-state index contributed by atoms with van der Waals surface area (Å²) in [5, 5.41) is 6.43. The van der Waals surface area contributed by atoms with E-state index in [9.17, 15) is 8.78 Å². The van der Waals surface area contributed by atoms with Crippen LogP contribution in [0.5, 0.6) is 11.5 Å². The molecular formula is C22H29F2N3O3. The van der Waals surface area contributed by atoms with Crippen LogP contribution in [0, 0.1) is 0 Å². The lowest BCUT2D eigenvalue weighted by molar-refractivity contribution is -0.0520. The predicted octanol–water partition coefficient (Wildman–Crippen LogP) is 4.09. The first-order valence-electron chi connectivity index (χ1n) is 9.86. The van der Waals surface area contributed by atoms with Gasteiger partial charge < -0.3 is 24.8 Å². The number of para-hydroxylation sites is 1.